The van der Waals surface area contributed by atoms with Crippen molar-refractivity contribution in [3.05, 3.63) is 28.2 Å². The van der Waals surface area contributed by atoms with Crippen LogP contribution in [-0.2, 0) is 11.2 Å². The van der Waals surface area contributed by atoms with E-state index in [0.29, 0.717) is 18.2 Å². The van der Waals surface area contributed by atoms with Crippen molar-refractivity contribution in [2.45, 2.75) is 26.4 Å². The molecule has 0 bridgehead atoms. The minimum absolute atomic E-state index is 0.0176. The Morgan fingerprint density at radius 3 is 3.17 bits per heavy atom. The molecule has 4 rings (SSSR count). The lowest BCUT2D eigenvalue weighted by molar-refractivity contribution is 0.0392. The summed E-state index contributed by atoms with van der Waals surface area (Å²) in [6, 6.07) is 3.82. The second-order valence-electron chi connectivity index (χ2n) is 6.30. The van der Waals surface area contributed by atoms with Crippen LogP contribution in [0.1, 0.15) is 30.7 Å². The largest absolute Gasteiger partial charge is 0.367 e. The van der Waals surface area contributed by atoms with Crippen LogP contribution in [-0.4, -0.2) is 49.9 Å². The quantitative estimate of drug-likeness (QED) is 0.712. The van der Waals surface area contributed by atoms with Gasteiger partial charge in [-0.1, -0.05) is 13.8 Å². The summed E-state index contributed by atoms with van der Waals surface area (Å²) in [5.41, 5.74) is 1.79. The SMILES string of the molecule is CC(C)Cc1csc(C2CN(c3ccc4nnnn4n3)CCO2)n1. The van der Waals surface area contributed by atoms with E-state index in [-0.39, 0.29) is 6.10 Å². The molecular weight excluding hydrogens is 326 g/mol. The summed E-state index contributed by atoms with van der Waals surface area (Å²) < 4.78 is 7.39. The summed E-state index contributed by atoms with van der Waals surface area (Å²) in [7, 11) is 0. The molecule has 3 aromatic heterocycles. The van der Waals surface area contributed by atoms with Crippen LogP contribution in [0.25, 0.3) is 5.65 Å². The number of hydrogen-bond donors (Lipinski definition) is 0. The van der Waals surface area contributed by atoms with Gasteiger partial charge in [0.2, 0.25) is 0 Å². The number of morpholine rings is 1. The zero-order valence-electron chi connectivity index (χ0n) is 13.7. The van der Waals surface area contributed by atoms with Gasteiger partial charge in [0.05, 0.1) is 18.8 Å². The number of ether oxygens (including phenoxy) is 1. The van der Waals surface area contributed by atoms with E-state index in [9.17, 15) is 0 Å². The molecule has 24 heavy (non-hydrogen) atoms. The lowest BCUT2D eigenvalue weighted by atomic mass is 10.1. The van der Waals surface area contributed by atoms with Gasteiger partial charge in [-0.05, 0) is 34.9 Å². The Morgan fingerprint density at radius 1 is 1.38 bits per heavy atom. The summed E-state index contributed by atoms with van der Waals surface area (Å²) in [5.74, 6) is 1.46. The fraction of sp³-hybridized carbons (Fsp3) is 0.533. The van der Waals surface area contributed by atoms with Crippen LogP contribution < -0.4 is 4.90 Å². The van der Waals surface area contributed by atoms with Gasteiger partial charge in [-0.25, -0.2) is 4.98 Å². The third-order valence-electron chi connectivity index (χ3n) is 3.91. The lowest BCUT2D eigenvalue weighted by Gasteiger charge is -2.32. The first-order valence-corrected chi connectivity index (χ1v) is 8.93. The maximum atomic E-state index is 5.94. The Kier molecular flexibility index (Phi) is 4.11. The van der Waals surface area contributed by atoms with Crippen LogP contribution in [0.15, 0.2) is 17.5 Å². The molecule has 0 N–H and O–H groups in total. The highest BCUT2D eigenvalue weighted by Gasteiger charge is 2.26. The number of rotatable bonds is 4. The van der Waals surface area contributed by atoms with E-state index >= 15 is 0 Å². The van der Waals surface area contributed by atoms with Gasteiger partial charge in [-0.15, -0.1) is 26.2 Å². The number of anilines is 1. The first-order chi connectivity index (χ1) is 11.7. The number of tetrazole rings is 1. The number of nitrogens with zero attached hydrogens (tertiary/aromatic N) is 7. The number of hydrogen-bond acceptors (Lipinski definition) is 8. The minimum Gasteiger partial charge on any atom is -0.367 e. The van der Waals surface area contributed by atoms with E-state index < -0.39 is 0 Å². The van der Waals surface area contributed by atoms with Crippen molar-refractivity contribution in [1.29, 1.82) is 0 Å². The number of fused-ring (bicyclic) bond motifs is 1. The van der Waals surface area contributed by atoms with Crippen molar-refractivity contribution in [3.8, 4) is 0 Å². The molecule has 0 amide bonds. The van der Waals surface area contributed by atoms with Gasteiger partial charge in [0.15, 0.2) is 11.5 Å². The van der Waals surface area contributed by atoms with Gasteiger partial charge >= 0.3 is 0 Å². The maximum Gasteiger partial charge on any atom is 0.200 e. The third-order valence-corrected chi connectivity index (χ3v) is 4.89. The molecule has 1 saturated heterocycles. The van der Waals surface area contributed by atoms with E-state index in [1.165, 1.54) is 4.63 Å². The number of thiazole rings is 1. The van der Waals surface area contributed by atoms with Crippen molar-refractivity contribution >= 4 is 22.8 Å². The van der Waals surface area contributed by atoms with Crippen LogP contribution in [0.4, 0.5) is 5.82 Å². The lowest BCUT2D eigenvalue weighted by Crippen LogP contribution is -2.39. The van der Waals surface area contributed by atoms with Crippen LogP contribution in [0.2, 0.25) is 0 Å². The fourth-order valence-electron chi connectivity index (χ4n) is 2.80. The average Bonchev–Trinajstić information content (AvgIpc) is 3.22. The van der Waals surface area contributed by atoms with E-state index in [0.717, 1.165) is 36.0 Å². The zero-order chi connectivity index (χ0) is 16.5. The van der Waals surface area contributed by atoms with E-state index in [4.69, 9.17) is 9.72 Å². The second-order valence-corrected chi connectivity index (χ2v) is 7.19. The second kappa shape index (κ2) is 6.40. The molecular formula is C15H19N7OS. The van der Waals surface area contributed by atoms with E-state index in [1.807, 2.05) is 12.1 Å². The van der Waals surface area contributed by atoms with Crippen LogP contribution >= 0.6 is 11.3 Å². The molecule has 8 nitrogen and oxygen atoms in total. The Balaban J connectivity index is 1.51. The highest BCUT2D eigenvalue weighted by Crippen LogP contribution is 2.28. The average molecular weight is 345 g/mol. The zero-order valence-corrected chi connectivity index (χ0v) is 14.5. The molecule has 1 aliphatic heterocycles. The summed E-state index contributed by atoms with van der Waals surface area (Å²) in [4.78, 5) is 6.95. The smallest absolute Gasteiger partial charge is 0.200 e. The molecule has 126 valence electrons. The minimum atomic E-state index is -0.0176. The van der Waals surface area contributed by atoms with Gasteiger partial charge in [0, 0.05) is 11.9 Å². The Labute approximate surface area is 143 Å². The molecule has 1 unspecified atom stereocenters. The standard InChI is InChI=1S/C15H19N7OS/c1-10(2)7-11-9-24-15(16-11)12-8-21(5-6-23-12)14-4-3-13-17-19-20-22(13)18-14/h3-4,9-10,12H,5-8H2,1-2H3. The molecule has 0 aliphatic carbocycles. The molecule has 1 fully saturated rings. The summed E-state index contributed by atoms with van der Waals surface area (Å²) in [5, 5.41) is 19.0. The fourth-order valence-corrected chi connectivity index (χ4v) is 3.67. The predicted molar refractivity (Wildman–Crippen MR) is 90.1 cm³/mol. The summed E-state index contributed by atoms with van der Waals surface area (Å²) in [6.45, 7) is 6.59. The van der Waals surface area contributed by atoms with Gasteiger partial charge < -0.3 is 9.64 Å². The van der Waals surface area contributed by atoms with E-state index in [1.54, 1.807) is 11.3 Å². The number of aromatic nitrogens is 6. The van der Waals surface area contributed by atoms with Crippen molar-refractivity contribution in [3.63, 3.8) is 0 Å². The predicted octanol–water partition coefficient (Wildman–Crippen LogP) is 1.75. The molecule has 0 saturated carbocycles. The normalized spacial score (nSPS) is 18.6. The molecule has 0 spiro atoms. The summed E-state index contributed by atoms with van der Waals surface area (Å²) in [6.07, 6.45) is 0.987. The first kappa shape index (κ1) is 15.4. The molecule has 3 aromatic rings. The van der Waals surface area contributed by atoms with Crippen molar-refractivity contribution in [1.82, 2.24) is 30.2 Å². The highest BCUT2D eigenvalue weighted by atomic mass is 32.1. The monoisotopic (exact) mass is 345 g/mol. The van der Waals surface area contributed by atoms with Gasteiger partial charge in [-0.3, -0.25) is 0 Å². The topological polar surface area (TPSA) is 81.3 Å². The molecule has 1 atom stereocenters. The summed E-state index contributed by atoms with van der Waals surface area (Å²) >= 11 is 1.68. The Morgan fingerprint density at radius 2 is 2.29 bits per heavy atom. The molecule has 1 aliphatic rings. The maximum absolute atomic E-state index is 5.94. The highest BCUT2D eigenvalue weighted by molar-refractivity contribution is 7.09. The van der Waals surface area contributed by atoms with Gasteiger partial charge in [-0.2, -0.15) is 0 Å². The molecule has 9 heteroatoms. The van der Waals surface area contributed by atoms with Gasteiger partial charge in [0.25, 0.3) is 0 Å². The van der Waals surface area contributed by atoms with Crippen LogP contribution in [0.5, 0.6) is 0 Å². The molecule has 0 aromatic carbocycles. The van der Waals surface area contributed by atoms with Crippen LogP contribution in [0.3, 0.4) is 0 Å². The van der Waals surface area contributed by atoms with Gasteiger partial charge in [0.1, 0.15) is 11.1 Å². The van der Waals surface area contributed by atoms with Crippen molar-refractivity contribution in [2.24, 2.45) is 5.92 Å². The van der Waals surface area contributed by atoms with Crippen LogP contribution in [0, 0.1) is 5.92 Å². The molecule has 4 heterocycles. The third kappa shape index (κ3) is 3.09. The Bertz CT molecular complexity index is 830. The Hall–Kier alpha value is -2.13. The van der Waals surface area contributed by atoms with Crippen molar-refractivity contribution < 1.29 is 4.74 Å². The first-order valence-electron chi connectivity index (χ1n) is 8.05. The van der Waals surface area contributed by atoms with Crippen molar-refractivity contribution in [2.75, 3.05) is 24.6 Å². The van der Waals surface area contributed by atoms with E-state index in [2.05, 4.69) is 44.8 Å². The molecule has 0 radical (unpaired) electrons.